The minimum absolute atomic E-state index is 0.743. The molecule has 0 aliphatic carbocycles. The van der Waals surface area contributed by atoms with E-state index in [0.29, 0.717) is 0 Å². The summed E-state index contributed by atoms with van der Waals surface area (Å²) in [6.07, 6.45) is 10.3. The molecule has 0 aromatic rings. The lowest BCUT2D eigenvalue weighted by atomic mass is 9.87. The van der Waals surface area contributed by atoms with Crippen molar-refractivity contribution in [3.05, 3.63) is 0 Å². The zero-order chi connectivity index (χ0) is 14.1. The Hall–Kier alpha value is -0.0800. The molecule has 116 valence electrons. The maximum atomic E-state index is 2.93. The highest BCUT2D eigenvalue weighted by atomic mass is 15.2. The maximum absolute atomic E-state index is 2.93. The summed E-state index contributed by atoms with van der Waals surface area (Å²) in [7, 11) is 0. The van der Waals surface area contributed by atoms with Crippen molar-refractivity contribution in [3.63, 3.8) is 0 Å². The molecule has 2 heteroatoms. The van der Waals surface area contributed by atoms with Crippen LogP contribution in [-0.2, 0) is 0 Å². The fourth-order valence-electron chi connectivity index (χ4n) is 4.97. The Bertz CT molecular complexity index is 293. The van der Waals surface area contributed by atoms with Crippen LogP contribution in [0.15, 0.2) is 0 Å². The number of likely N-dealkylation sites (tertiary alicyclic amines) is 1. The summed E-state index contributed by atoms with van der Waals surface area (Å²) >= 11 is 0. The predicted molar refractivity (Wildman–Crippen MR) is 86.0 cm³/mol. The average Bonchev–Trinajstić information content (AvgIpc) is 2.70. The van der Waals surface area contributed by atoms with Crippen molar-refractivity contribution in [2.24, 2.45) is 11.8 Å². The van der Waals surface area contributed by atoms with Gasteiger partial charge in [0.05, 0.1) is 0 Å². The Labute approximate surface area is 125 Å². The molecule has 3 rings (SSSR count). The van der Waals surface area contributed by atoms with Crippen LogP contribution in [0.3, 0.4) is 0 Å². The van der Waals surface area contributed by atoms with E-state index in [1.54, 1.807) is 0 Å². The van der Waals surface area contributed by atoms with Crippen LogP contribution in [0, 0.1) is 11.8 Å². The second kappa shape index (κ2) is 6.36. The molecule has 20 heavy (non-hydrogen) atoms. The first-order chi connectivity index (χ1) is 9.67. The van der Waals surface area contributed by atoms with Gasteiger partial charge in [-0.15, -0.1) is 0 Å². The number of fused-ring (bicyclic) bond motifs is 2. The van der Waals surface area contributed by atoms with Crippen molar-refractivity contribution in [2.45, 2.75) is 83.8 Å². The molecule has 0 aromatic carbocycles. The third-order valence-electron chi connectivity index (χ3n) is 6.41. The number of rotatable bonds is 4. The zero-order valence-electron chi connectivity index (χ0n) is 13.9. The molecule has 0 spiro atoms. The first-order valence-corrected chi connectivity index (χ1v) is 9.17. The first kappa shape index (κ1) is 14.8. The van der Waals surface area contributed by atoms with Gasteiger partial charge in [-0.3, -0.25) is 4.90 Å². The molecular formula is C18H34N2. The van der Waals surface area contributed by atoms with Gasteiger partial charge in [0.1, 0.15) is 0 Å². The van der Waals surface area contributed by atoms with Gasteiger partial charge in [0, 0.05) is 24.7 Å². The largest absolute Gasteiger partial charge is 0.301 e. The molecule has 2 bridgehead atoms. The molecule has 2 atom stereocenters. The van der Waals surface area contributed by atoms with Crippen molar-refractivity contribution in [2.75, 3.05) is 19.6 Å². The molecule has 3 saturated heterocycles. The minimum Gasteiger partial charge on any atom is -0.301 e. The van der Waals surface area contributed by atoms with Crippen LogP contribution in [-0.4, -0.2) is 47.6 Å². The predicted octanol–water partition coefficient (Wildman–Crippen LogP) is 3.76. The van der Waals surface area contributed by atoms with Crippen LogP contribution in [0.25, 0.3) is 0 Å². The Morgan fingerprint density at radius 1 is 0.900 bits per heavy atom. The Kier molecular flexibility index (Phi) is 4.72. The minimum atomic E-state index is 0.743. The summed E-state index contributed by atoms with van der Waals surface area (Å²) in [6.45, 7) is 11.2. The molecule has 2 nitrogen and oxygen atoms in total. The normalized spacial score (nSPS) is 36.9. The van der Waals surface area contributed by atoms with E-state index in [2.05, 4.69) is 30.6 Å². The lowest BCUT2D eigenvalue weighted by Crippen LogP contribution is -2.47. The summed E-state index contributed by atoms with van der Waals surface area (Å²) in [5, 5.41) is 0. The topological polar surface area (TPSA) is 6.48 Å². The second-order valence-corrected chi connectivity index (χ2v) is 7.90. The standard InChI is InChI=1S/C18H34N2/c1-4-15-11-17-5-6-18(12-15)20(17)13-16-7-9-19(10-8-16)14(2)3/h14-18H,4-13H2,1-3H3. The van der Waals surface area contributed by atoms with Gasteiger partial charge in [-0.05, 0) is 77.3 Å². The van der Waals surface area contributed by atoms with Gasteiger partial charge < -0.3 is 4.90 Å². The lowest BCUT2D eigenvalue weighted by Gasteiger charge is -2.42. The molecule has 3 aliphatic heterocycles. The Morgan fingerprint density at radius 2 is 1.50 bits per heavy atom. The highest BCUT2D eigenvalue weighted by Gasteiger charge is 2.40. The van der Waals surface area contributed by atoms with Crippen LogP contribution in [0.4, 0.5) is 0 Å². The number of hydrogen-bond donors (Lipinski definition) is 0. The van der Waals surface area contributed by atoms with Crippen molar-refractivity contribution in [1.29, 1.82) is 0 Å². The van der Waals surface area contributed by atoms with Gasteiger partial charge in [0.15, 0.2) is 0 Å². The van der Waals surface area contributed by atoms with Crippen molar-refractivity contribution >= 4 is 0 Å². The molecule has 0 amide bonds. The SMILES string of the molecule is CCC1CC2CCC(C1)N2CC1CCN(C(C)C)CC1. The van der Waals surface area contributed by atoms with E-state index in [-0.39, 0.29) is 0 Å². The van der Waals surface area contributed by atoms with Gasteiger partial charge in [-0.1, -0.05) is 13.3 Å². The summed E-state index contributed by atoms with van der Waals surface area (Å²) < 4.78 is 0. The fraction of sp³-hybridized carbons (Fsp3) is 1.00. The summed E-state index contributed by atoms with van der Waals surface area (Å²) in [4.78, 5) is 5.59. The summed E-state index contributed by atoms with van der Waals surface area (Å²) in [6, 6.07) is 2.64. The van der Waals surface area contributed by atoms with Crippen LogP contribution in [0.2, 0.25) is 0 Å². The third-order valence-corrected chi connectivity index (χ3v) is 6.41. The van der Waals surface area contributed by atoms with Crippen LogP contribution in [0.1, 0.15) is 65.7 Å². The van der Waals surface area contributed by atoms with Crippen molar-refractivity contribution < 1.29 is 0 Å². The number of nitrogens with zero attached hydrogens (tertiary/aromatic N) is 2. The zero-order valence-corrected chi connectivity index (χ0v) is 13.9. The Morgan fingerprint density at radius 3 is 2.00 bits per heavy atom. The monoisotopic (exact) mass is 278 g/mol. The summed E-state index contributed by atoms with van der Waals surface area (Å²) in [5.41, 5.74) is 0. The van der Waals surface area contributed by atoms with E-state index >= 15 is 0 Å². The average molecular weight is 278 g/mol. The lowest BCUT2D eigenvalue weighted by molar-refractivity contribution is 0.0608. The number of hydrogen-bond acceptors (Lipinski definition) is 2. The molecular weight excluding hydrogens is 244 g/mol. The highest BCUT2D eigenvalue weighted by molar-refractivity contribution is 4.95. The number of piperidine rings is 2. The van der Waals surface area contributed by atoms with E-state index in [4.69, 9.17) is 0 Å². The Balaban J connectivity index is 1.50. The molecule has 3 heterocycles. The van der Waals surface area contributed by atoms with Gasteiger partial charge in [-0.2, -0.15) is 0 Å². The molecule has 0 aromatic heterocycles. The van der Waals surface area contributed by atoms with Gasteiger partial charge >= 0.3 is 0 Å². The van der Waals surface area contributed by atoms with Gasteiger partial charge in [0.25, 0.3) is 0 Å². The molecule has 3 fully saturated rings. The molecule has 2 unspecified atom stereocenters. The van der Waals surface area contributed by atoms with E-state index in [9.17, 15) is 0 Å². The van der Waals surface area contributed by atoms with Crippen molar-refractivity contribution in [1.82, 2.24) is 9.80 Å². The second-order valence-electron chi connectivity index (χ2n) is 7.90. The highest BCUT2D eigenvalue weighted by Crippen LogP contribution is 2.40. The third kappa shape index (κ3) is 3.06. The van der Waals surface area contributed by atoms with Crippen molar-refractivity contribution in [3.8, 4) is 0 Å². The van der Waals surface area contributed by atoms with E-state index in [0.717, 1.165) is 30.0 Å². The maximum Gasteiger partial charge on any atom is 0.0101 e. The van der Waals surface area contributed by atoms with Crippen LogP contribution >= 0.6 is 0 Å². The molecule has 3 aliphatic rings. The molecule has 0 N–H and O–H groups in total. The van der Waals surface area contributed by atoms with Crippen LogP contribution < -0.4 is 0 Å². The van der Waals surface area contributed by atoms with E-state index in [1.807, 2.05) is 0 Å². The smallest absolute Gasteiger partial charge is 0.0101 e. The molecule has 0 radical (unpaired) electrons. The van der Waals surface area contributed by atoms with Gasteiger partial charge in [-0.25, -0.2) is 0 Å². The van der Waals surface area contributed by atoms with Gasteiger partial charge in [0.2, 0.25) is 0 Å². The fourth-order valence-corrected chi connectivity index (χ4v) is 4.97. The molecule has 0 saturated carbocycles. The summed E-state index contributed by atoms with van der Waals surface area (Å²) in [5.74, 6) is 2.01. The van der Waals surface area contributed by atoms with Crippen LogP contribution in [0.5, 0.6) is 0 Å². The van der Waals surface area contributed by atoms with E-state index in [1.165, 1.54) is 64.6 Å². The van der Waals surface area contributed by atoms with E-state index < -0.39 is 0 Å². The first-order valence-electron chi connectivity index (χ1n) is 9.17. The quantitative estimate of drug-likeness (QED) is 0.772.